The summed E-state index contributed by atoms with van der Waals surface area (Å²) in [7, 11) is 4.24. The van der Waals surface area contributed by atoms with Crippen LogP contribution in [0, 0.1) is 5.41 Å². The Morgan fingerprint density at radius 1 is 1.17 bits per heavy atom. The van der Waals surface area contributed by atoms with Gasteiger partial charge in [-0.25, -0.2) is 0 Å². The molecule has 0 amide bonds. The molecule has 3 rings (SSSR count). The van der Waals surface area contributed by atoms with Gasteiger partial charge in [0.1, 0.15) is 0 Å². The summed E-state index contributed by atoms with van der Waals surface area (Å²) in [5.74, 6) is 1.13. The minimum absolute atomic E-state index is 0. The van der Waals surface area contributed by atoms with Crippen LogP contribution in [0.3, 0.4) is 0 Å². The molecule has 1 aliphatic heterocycles. The molecule has 3 fully saturated rings. The van der Waals surface area contributed by atoms with Gasteiger partial charge in [-0.05, 0) is 57.5 Å². The van der Waals surface area contributed by atoms with Gasteiger partial charge in [0.2, 0.25) is 0 Å². The predicted molar refractivity (Wildman–Crippen MR) is 113 cm³/mol. The highest BCUT2D eigenvalue weighted by Gasteiger charge is 2.43. The molecule has 0 radical (unpaired) electrons. The molecule has 4 nitrogen and oxygen atoms in total. The first-order valence-electron chi connectivity index (χ1n) is 9.88. The second-order valence-corrected chi connectivity index (χ2v) is 8.13. The third-order valence-electron chi connectivity index (χ3n) is 6.53. The van der Waals surface area contributed by atoms with Crippen LogP contribution in [0.25, 0.3) is 0 Å². The summed E-state index contributed by atoms with van der Waals surface area (Å²) < 4.78 is 0. The number of hydrogen-bond donors (Lipinski definition) is 1. The van der Waals surface area contributed by atoms with Crippen molar-refractivity contribution in [2.75, 3.05) is 40.3 Å². The number of rotatable bonds is 5. The van der Waals surface area contributed by atoms with Gasteiger partial charge in [0.25, 0.3) is 0 Å². The van der Waals surface area contributed by atoms with E-state index in [1.54, 1.807) is 0 Å². The first-order chi connectivity index (χ1) is 11.2. The van der Waals surface area contributed by atoms with Crippen molar-refractivity contribution in [2.45, 2.75) is 70.3 Å². The van der Waals surface area contributed by atoms with Crippen LogP contribution in [-0.4, -0.2) is 62.1 Å². The minimum Gasteiger partial charge on any atom is -0.356 e. The van der Waals surface area contributed by atoms with E-state index in [1.165, 1.54) is 83.8 Å². The van der Waals surface area contributed by atoms with Crippen molar-refractivity contribution < 1.29 is 0 Å². The normalized spacial score (nSPS) is 24.1. The molecule has 5 heteroatoms. The molecular formula is C19H37IN4. The number of aliphatic imine (C=N–C) groups is 1. The van der Waals surface area contributed by atoms with Gasteiger partial charge < -0.3 is 15.1 Å². The highest BCUT2D eigenvalue weighted by atomic mass is 127. The number of nitrogens with zero attached hydrogens (tertiary/aromatic N) is 3. The van der Waals surface area contributed by atoms with Crippen molar-refractivity contribution in [3.05, 3.63) is 0 Å². The fraction of sp³-hybridized carbons (Fsp3) is 0.947. The highest BCUT2D eigenvalue weighted by molar-refractivity contribution is 14.0. The molecule has 0 aromatic rings. The molecule has 140 valence electrons. The Morgan fingerprint density at radius 3 is 2.50 bits per heavy atom. The van der Waals surface area contributed by atoms with E-state index in [-0.39, 0.29) is 24.0 Å². The molecule has 24 heavy (non-hydrogen) atoms. The lowest BCUT2D eigenvalue weighted by Crippen LogP contribution is -2.43. The summed E-state index contributed by atoms with van der Waals surface area (Å²) in [5.41, 5.74) is 0.652. The SMILES string of the molecule is CN=C(NCCCN(C)C1CCCCC1)N1CCC2(CCC2)C1.I. The molecule has 0 aromatic carbocycles. The maximum atomic E-state index is 4.52. The van der Waals surface area contributed by atoms with Crippen LogP contribution in [0.4, 0.5) is 0 Å². The van der Waals surface area contributed by atoms with Crippen LogP contribution in [0.5, 0.6) is 0 Å². The topological polar surface area (TPSA) is 30.9 Å². The van der Waals surface area contributed by atoms with Gasteiger partial charge in [-0.2, -0.15) is 0 Å². The Bertz CT molecular complexity index is 402. The van der Waals surface area contributed by atoms with Gasteiger partial charge in [-0.15, -0.1) is 24.0 Å². The maximum Gasteiger partial charge on any atom is 0.193 e. The molecule has 2 saturated carbocycles. The van der Waals surface area contributed by atoms with E-state index in [0.717, 1.165) is 18.5 Å². The van der Waals surface area contributed by atoms with Crippen LogP contribution in [0.2, 0.25) is 0 Å². The van der Waals surface area contributed by atoms with E-state index in [0.29, 0.717) is 5.41 Å². The van der Waals surface area contributed by atoms with Crippen molar-refractivity contribution >= 4 is 29.9 Å². The van der Waals surface area contributed by atoms with Crippen molar-refractivity contribution in [1.82, 2.24) is 15.1 Å². The Hall–Kier alpha value is -0.0400. The monoisotopic (exact) mass is 448 g/mol. The second-order valence-electron chi connectivity index (χ2n) is 8.13. The average molecular weight is 448 g/mol. The summed E-state index contributed by atoms with van der Waals surface area (Å²) in [6, 6.07) is 0.833. The molecule has 0 unspecified atom stereocenters. The number of likely N-dealkylation sites (tertiary alicyclic amines) is 1. The third kappa shape index (κ3) is 4.99. The molecule has 1 saturated heterocycles. The lowest BCUT2D eigenvalue weighted by Gasteiger charge is -2.38. The molecular weight excluding hydrogens is 411 g/mol. The summed E-state index contributed by atoms with van der Waals surface area (Å²) in [6.07, 6.45) is 14.0. The molecule has 2 aliphatic carbocycles. The van der Waals surface area contributed by atoms with E-state index in [2.05, 4.69) is 27.2 Å². The van der Waals surface area contributed by atoms with E-state index in [4.69, 9.17) is 0 Å². The zero-order valence-electron chi connectivity index (χ0n) is 15.7. The van der Waals surface area contributed by atoms with E-state index in [1.807, 2.05) is 7.05 Å². The van der Waals surface area contributed by atoms with Gasteiger partial charge in [-0.1, -0.05) is 25.7 Å². The first-order valence-corrected chi connectivity index (χ1v) is 9.88. The van der Waals surface area contributed by atoms with Gasteiger partial charge in [0.05, 0.1) is 0 Å². The lowest BCUT2D eigenvalue weighted by atomic mass is 9.68. The Morgan fingerprint density at radius 2 is 1.92 bits per heavy atom. The van der Waals surface area contributed by atoms with E-state index >= 15 is 0 Å². The molecule has 0 aromatic heterocycles. The molecule has 1 spiro atoms. The second kappa shape index (κ2) is 9.60. The van der Waals surface area contributed by atoms with E-state index < -0.39 is 0 Å². The lowest BCUT2D eigenvalue weighted by molar-refractivity contribution is 0.151. The van der Waals surface area contributed by atoms with Crippen molar-refractivity contribution in [2.24, 2.45) is 10.4 Å². The number of guanidine groups is 1. The third-order valence-corrected chi connectivity index (χ3v) is 6.53. The van der Waals surface area contributed by atoms with Crippen LogP contribution in [0.15, 0.2) is 4.99 Å². The predicted octanol–water partition coefficient (Wildman–Crippen LogP) is 3.71. The molecule has 0 atom stereocenters. The number of halogens is 1. The molecule has 1 heterocycles. The van der Waals surface area contributed by atoms with Gasteiger partial charge in [0, 0.05) is 32.7 Å². The Balaban J connectivity index is 0.00000208. The van der Waals surface area contributed by atoms with Crippen molar-refractivity contribution in [3.8, 4) is 0 Å². The Kier molecular flexibility index (Phi) is 8.11. The minimum atomic E-state index is 0. The summed E-state index contributed by atoms with van der Waals surface area (Å²) in [5, 5.41) is 3.60. The van der Waals surface area contributed by atoms with Gasteiger partial charge >= 0.3 is 0 Å². The molecule has 1 N–H and O–H groups in total. The quantitative estimate of drug-likeness (QED) is 0.301. The number of hydrogen-bond acceptors (Lipinski definition) is 2. The maximum absolute atomic E-state index is 4.52. The van der Waals surface area contributed by atoms with Crippen molar-refractivity contribution in [3.63, 3.8) is 0 Å². The summed E-state index contributed by atoms with van der Waals surface area (Å²) >= 11 is 0. The standard InChI is InChI=1S/C19H36N4.HI/c1-20-18(23-15-12-19(16-23)10-6-11-19)21-13-7-14-22(2)17-8-4-3-5-9-17;/h17H,3-16H2,1-2H3,(H,20,21);1H. The average Bonchev–Trinajstić information content (AvgIpc) is 3.01. The first kappa shape index (κ1) is 20.3. The summed E-state index contributed by atoms with van der Waals surface area (Å²) in [6.45, 7) is 4.68. The Labute approximate surface area is 165 Å². The van der Waals surface area contributed by atoms with Crippen LogP contribution in [-0.2, 0) is 0 Å². The number of nitrogens with one attached hydrogen (secondary N) is 1. The van der Waals surface area contributed by atoms with Crippen LogP contribution < -0.4 is 5.32 Å². The van der Waals surface area contributed by atoms with Gasteiger partial charge in [0.15, 0.2) is 5.96 Å². The van der Waals surface area contributed by atoms with Gasteiger partial charge in [-0.3, -0.25) is 4.99 Å². The highest BCUT2D eigenvalue weighted by Crippen LogP contribution is 2.47. The molecule has 0 bridgehead atoms. The van der Waals surface area contributed by atoms with Crippen molar-refractivity contribution in [1.29, 1.82) is 0 Å². The largest absolute Gasteiger partial charge is 0.356 e. The fourth-order valence-electron chi connectivity index (χ4n) is 4.77. The fourth-order valence-corrected chi connectivity index (χ4v) is 4.77. The zero-order valence-corrected chi connectivity index (χ0v) is 18.1. The van der Waals surface area contributed by atoms with Crippen LogP contribution in [0.1, 0.15) is 64.2 Å². The summed E-state index contributed by atoms with van der Waals surface area (Å²) in [4.78, 5) is 9.59. The zero-order chi connectivity index (χ0) is 16.1. The van der Waals surface area contributed by atoms with Crippen LogP contribution >= 0.6 is 24.0 Å². The van der Waals surface area contributed by atoms with E-state index in [9.17, 15) is 0 Å². The molecule has 3 aliphatic rings. The smallest absolute Gasteiger partial charge is 0.193 e.